The summed E-state index contributed by atoms with van der Waals surface area (Å²) in [5.41, 5.74) is 0.585. The first-order valence-electron chi connectivity index (χ1n) is 5.99. The van der Waals surface area contributed by atoms with Crippen LogP contribution in [0.25, 0.3) is 0 Å². The average Bonchev–Trinajstić information content (AvgIpc) is 2.43. The third kappa shape index (κ3) is 3.55. The van der Waals surface area contributed by atoms with Gasteiger partial charge in [-0.05, 0) is 19.9 Å². The number of hydrogen-bond acceptors (Lipinski definition) is 4. The highest BCUT2D eigenvalue weighted by atomic mass is 16.5. The van der Waals surface area contributed by atoms with Crippen LogP contribution in [0.2, 0.25) is 0 Å². The van der Waals surface area contributed by atoms with Crippen LogP contribution in [-0.2, 0) is 6.54 Å². The smallest absolute Gasteiger partial charge is 0.203 e. The zero-order valence-electron chi connectivity index (χ0n) is 12.2. The number of benzene rings is 1. The van der Waals surface area contributed by atoms with Crippen LogP contribution < -0.4 is 19.5 Å². The number of terminal acetylenes is 1. The quantitative estimate of drug-likeness (QED) is 0.799. The van der Waals surface area contributed by atoms with E-state index in [1.54, 1.807) is 21.3 Å². The molecule has 0 spiro atoms. The Morgan fingerprint density at radius 2 is 1.74 bits per heavy atom. The minimum atomic E-state index is -0.377. The lowest BCUT2D eigenvalue weighted by molar-refractivity contribution is 0.320. The third-order valence-electron chi connectivity index (χ3n) is 2.87. The van der Waals surface area contributed by atoms with E-state index in [2.05, 4.69) is 11.2 Å². The summed E-state index contributed by atoms with van der Waals surface area (Å²) in [5.74, 6) is 4.57. The van der Waals surface area contributed by atoms with E-state index in [1.165, 1.54) is 0 Å². The largest absolute Gasteiger partial charge is 0.493 e. The molecule has 19 heavy (non-hydrogen) atoms. The van der Waals surface area contributed by atoms with Crippen LogP contribution in [0.5, 0.6) is 17.2 Å². The van der Waals surface area contributed by atoms with E-state index in [1.807, 2.05) is 26.0 Å². The Kier molecular flexibility index (Phi) is 5.08. The summed E-state index contributed by atoms with van der Waals surface area (Å²) in [7, 11) is 4.78. The van der Waals surface area contributed by atoms with Crippen molar-refractivity contribution >= 4 is 0 Å². The van der Waals surface area contributed by atoms with Crippen LogP contribution >= 0.6 is 0 Å². The first-order valence-corrected chi connectivity index (χ1v) is 5.99. The molecular formula is C15H21NO3. The second kappa shape index (κ2) is 6.35. The summed E-state index contributed by atoms with van der Waals surface area (Å²) in [5, 5.41) is 3.28. The van der Waals surface area contributed by atoms with Crippen LogP contribution in [0.3, 0.4) is 0 Å². The molecule has 4 heteroatoms. The van der Waals surface area contributed by atoms with Gasteiger partial charge in [-0.1, -0.05) is 12.0 Å². The van der Waals surface area contributed by atoms with Gasteiger partial charge in [-0.25, -0.2) is 0 Å². The van der Waals surface area contributed by atoms with Crippen LogP contribution in [0.15, 0.2) is 12.1 Å². The van der Waals surface area contributed by atoms with Gasteiger partial charge in [0, 0.05) is 12.1 Å². The van der Waals surface area contributed by atoms with Gasteiger partial charge in [0.25, 0.3) is 0 Å². The van der Waals surface area contributed by atoms with Crippen LogP contribution in [-0.4, -0.2) is 26.9 Å². The lowest BCUT2D eigenvalue weighted by Crippen LogP contribution is -2.37. The molecule has 0 aliphatic heterocycles. The summed E-state index contributed by atoms with van der Waals surface area (Å²) >= 11 is 0. The highest BCUT2D eigenvalue weighted by Crippen LogP contribution is 2.39. The second-order valence-electron chi connectivity index (χ2n) is 4.62. The monoisotopic (exact) mass is 263 g/mol. The molecule has 1 aromatic rings. The molecule has 0 unspecified atom stereocenters. The van der Waals surface area contributed by atoms with Gasteiger partial charge in [-0.2, -0.15) is 0 Å². The van der Waals surface area contributed by atoms with Gasteiger partial charge >= 0.3 is 0 Å². The molecule has 4 nitrogen and oxygen atoms in total. The minimum absolute atomic E-state index is 0.377. The summed E-state index contributed by atoms with van der Waals surface area (Å²) in [6.45, 7) is 4.47. The summed E-state index contributed by atoms with van der Waals surface area (Å²) in [4.78, 5) is 0. The van der Waals surface area contributed by atoms with Crippen molar-refractivity contribution < 1.29 is 14.2 Å². The molecule has 0 bridgehead atoms. The maximum Gasteiger partial charge on any atom is 0.203 e. The Bertz CT molecular complexity index is 475. The van der Waals surface area contributed by atoms with Crippen molar-refractivity contribution in [3.8, 4) is 29.6 Å². The highest BCUT2D eigenvalue weighted by Gasteiger charge is 2.18. The summed E-state index contributed by atoms with van der Waals surface area (Å²) < 4.78 is 16.0. The number of methoxy groups -OCH3 is 3. The van der Waals surface area contributed by atoms with E-state index in [9.17, 15) is 0 Å². The Morgan fingerprint density at radius 1 is 1.11 bits per heavy atom. The summed E-state index contributed by atoms with van der Waals surface area (Å²) in [6.07, 6.45) is 5.45. The fourth-order valence-electron chi connectivity index (χ4n) is 1.67. The number of hydrogen-bond donors (Lipinski definition) is 1. The van der Waals surface area contributed by atoms with Crippen molar-refractivity contribution in [3.05, 3.63) is 17.7 Å². The Balaban J connectivity index is 3.06. The van der Waals surface area contributed by atoms with Gasteiger partial charge in [-0.3, -0.25) is 5.32 Å². The molecule has 1 rings (SSSR count). The molecule has 0 fully saturated rings. The predicted octanol–water partition coefficient (Wildman–Crippen LogP) is 2.21. The van der Waals surface area contributed by atoms with Gasteiger partial charge in [0.2, 0.25) is 5.75 Å². The maximum absolute atomic E-state index is 5.45. The van der Waals surface area contributed by atoms with E-state index in [0.29, 0.717) is 23.8 Å². The standard InChI is InChI=1S/C15H21NO3/c1-7-15(2,3)16-10-11-8-9-12(17-4)14(19-6)13(11)18-5/h1,8-9,16H,10H2,2-6H3. The minimum Gasteiger partial charge on any atom is -0.493 e. The van der Waals surface area contributed by atoms with Gasteiger partial charge < -0.3 is 14.2 Å². The normalized spacial score (nSPS) is 10.7. The number of nitrogens with one attached hydrogen (secondary N) is 1. The Morgan fingerprint density at radius 3 is 2.21 bits per heavy atom. The number of rotatable bonds is 6. The van der Waals surface area contributed by atoms with Crippen LogP contribution in [0, 0.1) is 12.3 Å². The van der Waals surface area contributed by atoms with E-state index in [-0.39, 0.29) is 5.54 Å². The highest BCUT2D eigenvalue weighted by molar-refractivity contribution is 5.55. The predicted molar refractivity (Wildman–Crippen MR) is 75.8 cm³/mol. The van der Waals surface area contributed by atoms with Crippen molar-refractivity contribution in [3.63, 3.8) is 0 Å². The lowest BCUT2D eigenvalue weighted by atomic mass is 10.1. The SMILES string of the molecule is C#CC(C)(C)NCc1ccc(OC)c(OC)c1OC. The number of ether oxygens (including phenoxy) is 3. The molecule has 104 valence electrons. The van der Waals surface area contributed by atoms with Crippen LogP contribution in [0.1, 0.15) is 19.4 Å². The van der Waals surface area contributed by atoms with E-state index >= 15 is 0 Å². The first kappa shape index (κ1) is 15.2. The molecule has 0 heterocycles. The average molecular weight is 263 g/mol. The first-order chi connectivity index (χ1) is 8.99. The van der Waals surface area contributed by atoms with Gasteiger partial charge in [-0.15, -0.1) is 6.42 Å². The molecule has 0 saturated carbocycles. The Labute approximate surface area is 115 Å². The lowest BCUT2D eigenvalue weighted by Gasteiger charge is -2.21. The molecule has 0 saturated heterocycles. The fraction of sp³-hybridized carbons (Fsp3) is 0.467. The van der Waals surface area contributed by atoms with Crippen molar-refractivity contribution in [2.45, 2.75) is 25.9 Å². The Hall–Kier alpha value is -1.86. The molecule has 1 N–H and O–H groups in total. The zero-order valence-corrected chi connectivity index (χ0v) is 12.2. The van der Waals surface area contributed by atoms with E-state index in [0.717, 1.165) is 5.56 Å². The van der Waals surface area contributed by atoms with Gasteiger partial charge in [0.1, 0.15) is 0 Å². The molecule has 0 aliphatic rings. The van der Waals surface area contributed by atoms with Crippen molar-refractivity contribution in [1.29, 1.82) is 0 Å². The molecule has 0 aliphatic carbocycles. The van der Waals surface area contributed by atoms with Gasteiger partial charge in [0.05, 0.1) is 26.9 Å². The molecule has 1 aromatic carbocycles. The molecule has 0 amide bonds. The van der Waals surface area contributed by atoms with Crippen molar-refractivity contribution in [1.82, 2.24) is 5.32 Å². The van der Waals surface area contributed by atoms with Crippen molar-refractivity contribution in [2.75, 3.05) is 21.3 Å². The molecule has 0 radical (unpaired) electrons. The van der Waals surface area contributed by atoms with E-state index in [4.69, 9.17) is 20.6 Å². The zero-order chi connectivity index (χ0) is 14.5. The third-order valence-corrected chi connectivity index (χ3v) is 2.87. The fourth-order valence-corrected chi connectivity index (χ4v) is 1.67. The van der Waals surface area contributed by atoms with Crippen LogP contribution in [0.4, 0.5) is 0 Å². The molecular weight excluding hydrogens is 242 g/mol. The maximum atomic E-state index is 5.45. The second-order valence-corrected chi connectivity index (χ2v) is 4.62. The summed E-state index contributed by atoms with van der Waals surface area (Å²) in [6, 6.07) is 3.78. The molecule has 0 aromatic heterocycles. The molecule has 0 atom stereocenters. The van der Waals surface area contributed by atoms with Gasteiger partial charge in [0.15, 0.2) is 11.5 Å². The van der Waals surface area contributed by atoms with Crippen molar-refractivity contribution in [2.24, 2.45) is 0 Å². The van der Waals surface area contributed by atoms with E-state index < -0.39 is 0 Å². The topological polar surface area (TPSA) is 39.7 Å².